The smallest absolute Gasteiger partial charge is 0.317 e. The lowest BCUT2D eigenvalue weighted by Crippen LogP contribution is -2.44. The SMILES string of the molecule is Nc1ccc2c(c1)CN(C(=O)NCC1CCCC(CN=C=O)C1)CC2. The Labute approximate surface area is 148 Å². The van der Waals surface area contributed by atoms with Crippen molar-refractivity contribution in [2.75, 3.05) is 25.4 Å². The van der Waals surface area contributed by atoms with Gasteiger partial charge in [0.15, 0.2) is 0 Å². The number of isocyanates is 1. The fraction of sp³-hybridized carbons (Fsp3) is 0.579. The third kappa shape index (κ3) is 4.60. The van der Waals surface area contributed by atoms with E-state index in [0.717, 1.165) is 49.9 Å². The highest BCUT2D eigenvalue weighted by Crippen LogP contribution is 2.29. The van der Waals surface area contributed by atoms with Gasteiger partial charge < -0.3 is 16.0 Å². The predicted octanol–water partition coefficient (Wildman–Crippen LogP) is 2.48. The normalized spacial score (nSPS) is 22.6. The monoisotopic (exact) mass is 342 g/mol. The van der Waals surface area contributed by atoms with Crippen molar-refractivity contribution in [3.8, 4) is 0 Å². The number of nitrogens with two attached hydrogens (primary N) is 1. The van der Waals surface area contributed by atoms with E-state index in [1.807, 2.05) is 17.0 Å². The van der Waals surface area contributed by atoms with Crippen molar-refractivity contribution in [1.29, 1.82) is 0 Å². The minimum absolute atomic E-state index is 0.00103. The molecule has 134 valence electrons. The van der Waals surface area contributed by atoms with Gasteiger partial charge in [0, 0.05) is 25.3 Å². The van der Waals surface area contributed by atoms with Gasteiger partial charge in [-0.2, -0.15) is 0 Å². The highest BCUT2D eigenvalue weighted by molar-refractivity contribution is 5.74. The molecular formula is C19H26N4O2. The Morgan fingerprint density at radius 3 is 3.00 bits per heavy atom. The molecule has 6 nitrogen and oxygen atoms in total. The number of anilines is 1. The summed E-state index contributed by atoms with van der Waals surface area (Å²) in [6.07, 6.45) is 6.89. The van der Waals surface area contributed by atoms with E-state index in [-0.39, 0.29) is 6.03 Å². The van der Waals surface area contributed by atoms with Gasteiger partial charge in [-0.05, 0) is 60.8 Å². The van der Waals surface area contributed by atoms with E-state index >= 15 is 0 Å². The number of amides is 2. The summed E-state index contributed by atoms with van der Waals surface area (Å²) in [5.74, 6) is 0.916. The van der Waals surface area contributed by atoms with Crippen molar-refractivity contribution in [2.45, 2.75) is 38.6 Å². The quantitative estimate of drug-likeness (QED) is 0.500. The molecule has 25 heavy (non-hydrogen) atoms. The molecule has 0 bridgehead atoms. The van der Waals surface area contributed by atoms with Gasteiger partial charge in [-0.3, -0.25) is 0 Å². The largest absolute Gasteiger partial charge is 0.399 e. The fourth-order valence-electron chi connectivity index (χ4n) is 4.01. The molecule has 1 saturated carbocycles. The molecule has 2 unspecified atom stereocenters. The number of urea groups is 1. The molecule has 2 atom stereocenters. The van der Waals surface area contributed by atoms with Gasteiger partial charge in [0.2, 0.25) is 6.08 Å². The Morgan fingerprint density at radius 1 is 1.32 bits per heavy atom. The molecule has 0 spiro atoms. The van der Waals surface area contributed by atoms with Crippen LogP contribution in [-0.4, -0.2) is 36.6 Å². The van der Waals surface area contributed by atoms with Gasteiger partial charge in [0.25, 0.3) is 0 Å². The zero-order valence-electron chi connectivity index (χ0n) is 14.5. The first-order chi connectivity index (χ1) is 12.2. The minimum Gasteiger partial charge on any atom is -0.399 e. The first-order valence-corrected chi connectivity index (χ1v) is 9.09. The van der Waals surface area contributed by atoms with Crippen LogP contribution in [0, 0.1) is 11.8 Å². The summed E-state index contributed by atoms with van der Waals surface area (Å²) in [7, 11) is 0. The Hall–Kier alpha value is -2.33. The fourth-order valence-corrected chi connectivity index (χ4v) is 4.01. The predicted molar refractivity (Wildman–Crippen MR) is 96.8 cm³/mol. The van der Waals surface area contributed by atoms with Crippen LogP contribution in [0.1, 0.15) is 36.8 Å². The number of aliphatic imine (C=N–C) groups is 1. The molecule has 2 amide bonds. The second-order valence-electron chi connectivity index (χ2n) is 7.22. The molecule has 0 saturated heterocycles. The summed E-state index contributed by atoms with van der Waals surface area (Å²) < 4.78 is 0. The molecule has 2 aliphatic rings. The molecule has 1 aliphatic heterocycles. The number of carbonyl (C=O) groups is 1. The minimum atomic E-state index is 0.00103. The van der Waals surface area contributed by atoms with E-state index in [1.165, 1.54) is 5.56 Å². The number of nitrogens with one attached hydrogen (secondary N) is 1. The van der Waals surface area contributed by atoms with Gasteiger partial charge in [-0.1, -0.05) is 12.5 Å². The second-order valence-corrected chi connectivity index (χ2v) is 7.22. The highest BCUT2D eigenvalue weighted by atomic mass is 16.2. The zero-order chi connectivity index (χ0) is 17.6. The zero-order valence-corrected chi connectivity index (χ0v) is 14.5. The van der Waals surface area contributed by atoms with Crippen LogP contribution in [0.2, 0.25) is 0 Å². The number of carbonyl (C=O) groups excluding carboxylic acids is 2. The van der Waals surface area contributed by atoms with Crippen molar-refractivity contribution >= 4 is 17.8 Å². The summed E-state index contributed by atoms with van der Waals surface area (Å²) in [5, 5.41) is 3.09. The summed E-state index contributed by atoms with van der Waals surface area (Å²) in [6, 6.07) is 5.95. The van der Waals surface area contributed by atoms with Crippen LogP contribution in [0.25, 0.3) is 0 Å². The molecule has 1 aromatic carbocycles. The third-order valence-electron chi connectivity index (χ3n) is 5.38. The van der Waals surface area contributed by atoms with Crippen LogP contribution in [0.4, 0.5) is 10.5 Å². The number of rotatable bonds is 4. The summed E-state index contributed by atoms with van der Waals surface area (Å²) >= 11 is 0. The molecule has 1 fully saturated rings. The van der Waals surface area contributed by atoms with E-state index in [0.29, 0.717) is 31.5 Å². The van der Waals surface area contributed by atoms with E-state index in [2.05, 4.69) is 16.4 Å². The summed E-state index contributed by atoms with van der Waals surface area (Å²) in [5.41, 5.74) is 9.03. The van der Waals surface area contributed by atoms with Crippen LogP contribution in [0.5, 0.6) is 0 Å². The number of hydrogen-bond acceptors (Lipinski definition) is 4. The van der Waals surface area contributed by atoms with Gasteiger partial charge in [0.1, 0.15) is 0 Å². The standard InChI is InChI=1S/C19H26N4O2/c20-18-5-4-16-6-7-23(12-17(16)9-18)19(25)22-11-15-3-1-2-14(8-15)10-21-13-24/h4-5,9,14-15H,1-3,6-8,10-12,20H2,(H,22,25). The number of benzene rings is 1. The van der Waals surface area contributed by atoms with Crippen molar-refractivity contribution in [3.05, 3.63) is 29.3 Å². The molecule has 1 heterocycles. The molecule has 0 radical (unpaired) electrons. The number of hydrogen-bond donors (Lipinski definition) is 2. The maximum Gasteiger partial charge on any atom is 0.317 e. The molecular weight excluding hydrogens is 316 g/mol. The van der Waals surface area contributed by atoms with E-state index < -0.39 is 0 Å². The molecule has 6 heteroatoms. The van der Waals surface area contributed by atoms with Crippen molar-refractivity contribution in [1.82, 2.24) is 10.2 Å². The van der Waals surface area contributed by atoms with Gasteiger partial charge in [-0.25, -0.2) is 14.6 Å². The molecule has 3 rings (SSSR count). The Morgan fingerprint density at radius 2 is 2.16 bits per heavy atom. The van der Waals surface area contributed by atoms with Crippen LogP contribution in [0.15, 0.2) is 23.2 Å². The molecule has 0 aromatic heterocycles. The highest BCUT2D eigenvalue weighted by Gasteiger charge is 2.24. The Bertz CT molecular complexity index is 669. The maximum absolute atomic E-state index is 12.5. The number of nitrogens with zero attached hydrogens (tertiary/aromatic N) is 2. The lowest BCUT2D eigenvalue weighted by Gasteiger charge is -2.31. The first kappa shape index (κ1) is 17.5. The maximum atomic E-state index is 12.5. The van der Waals surface area contributed by atoms with Gasteiger partial charge in [0.05, 0.1) is 6.54 Å². The molecule has 3 N–H and O–H groups in total. The second kappa shape index (κ2) is 8.17. The average molecular weight is 342 g/mol. The number of nitrogen functional groups attached to an aromatic ring is 1. The number of fused-ring (bicyclic) bond motifs is 1. The summed E-state index contributed by atoms with van der Waals surface area (Å²) in [4.78, 5) is 28.3. The van der Waals surface area contributed by atoms with Crippen LogP contribution in [-0.2, 0) is 17.8 Å². The van der Waals surface area contributed by atoms with Crippen molar-refractivity contribution in [3.63, 3.8) is 0 Å². The third-order valence-corrected chi connectivity index (χ3v) is 5.38. The van der Waals surface area contributed by atoms with E-state index in [4.69, 9.17) is 5.73 Å². The van der Waals surface area contributed by atoms with Crippen LogP contribution < -0.4 is 11.1 Å². The molecule has 1 aliphatic carbocycles. The van der Waals surface area contributed by atoms with Gasteiger partial charge >= 0.3 is 6.03 Å². The average Bonchev–Trinajstić information content (AvgIpc) is 2.64. The Kier molecular flexibility index (Phi) is 5.71. The molecule has 1 aromatic rings. The van der Waals surface area contributed by atoms with Crippen LogP contribution in [0.3, 0.4) is 0 Å². The Balaban J connectivity index is 1.49. The van der Waals surface area contributed by atoms with Gasteiger partial charge in [-0.15, -0.1) is 0 Å². The van der Waals surface area contributed by atoms with E-state index in [9.17, 15) is 9.59 Å². The lowest BCUT2D eigenvalue weighted by atomic mass is 9.81. The van der Waals surface area contributed by atoms with Crippen LogP contribution >= 0.6 is 0 Å². The first-order valence-electron chi connectivity index (χ1n) is 9.09. The van der Waals surface area contributed by atoms with Crippen molar-refractivity contribution in [2.24, 2.45) is 16.8 Å². The lowest BCUT2D eigenvalue weighted by molar-refractivity contribution is 0.186. The van der Waals surface area contributed by atoms with E-state index in [1.54, 1.807) is 6.08 Å². The van der Waals surface area contributed by atoms with Crippen molar-refractivity contribution < 1.29 is 9.59 Å². The summed E-state index contributed by atoms with van der Waals surface area (Å²) in [6.45, 7) is 2.62. The topological polar surface area (TPSA) is 87.8 Å².